The summed E-state index contributed by atoms with van der Waals surface area (Å²) >= 11 is 0. The van der Waals surface area contributed by atoms with Crippen LogP contribution in [0, 0.1) is 0 Å². The van der Waals surface area contributed by atoms with E-state index < -0.39 is 5.97 Å². The number of hydrogen-bond acceptors (Lipinski definition) is 3. The first-order valence-corrected chi connectivity index (χ1v) is 6.22. The van der Waals surface area contributed by atoms with E-state index in [1.807, 2.05) is 6.07 Å². The third-order valence-electron chi connectivity index (χ3n) is 3.11. The number of carbonyl (C=O) groups excluding carboxylic acids is 1. The van der Waals surface area contributed by atoms with Gasteiger partial charge in [0.15, 0.2) is 0 Å². The number of aromatic carboxylic acids is 1. The van der Waals surface area contributed by atoms with E-state index in [4.69, 9.17) is 5.11 Å². The molecule has 6 nitrogen and oxygen atoms in total. The summed E-state index contributed by atoms with van der Waals surface area (Å²) < 4.78 is 0. The second kappa shape index (κ2) is 5.09. The van der Waals surface area contributed by atoms with Crippen LogP contribution in [0.25, 0.3) is 10.9 Å². The van der Waals surface area contributed by atoms with Crippen LogP contribution in [0.1, 0.15) is 20.7 Å². The average molecular weight is 281 g/mol. The molecule has 0 spiro atoms. The lowest BCUT2D eigenvalue weighted by Crippen LogP contribution is -2.12. The van der Waals surface area contributed by atoms with Gasteiger partial charge in [-0.2, -0.15) is 5.10 Å². The van der Waals surface area contributed by atoms with Gasteiger partial charge in [0, 0.05) is 11.1 Å². The Morgan fingerprint density at radius 2 is 1.86 bits per heavy atom. The van der Waals surface area contributed by atoms with Crippen LogP contribution in [0.2, 0.25) is 0 Å². The monoisotopic (exact) mass is 281 g/mol. The van der Waals surface area contributed by atoms with Crippen LogP contribution < -0.4 is 5.32 Å². The average Bonchev–Trinajstić information content (AvgIpc) is 2.96. The largest absolute Gasteiger partial charge is 0.478 e. The maximum atomic E-state index is 12.3. The van der Waals surface area contributed by atoms with Gasteiger partial charge in [0.05, 0.1) is 22.8 Å². The van der Waals surface area contributed by atoms with E-state index in [-0.39, 0.29) is 11.5 Å². The summed E-state index contributed by atoms with van der Waals surface area (Å²) in [6.07, 6.45) is 1.65. The second-order valence-corrected chi connectivity index (χ2v) is 4.48. The zero-order valence-corrected chi connectivity index (χ0v) is 10.8. The Morgan fingerprint density at radius 3 is 2.57 bits per heavy atom. The summed E-state index contributed by atoms with van der Waals surface area (Å²) in [5.41, 5.74) is 1.84. The van der Waals surface area contributed by atoms with E-state index in [0.717, 1.165) is 5.39 Å². The lowest BCUT2D eigenvalue weighted by atomic mass is 10.1. The van der Waals surface area contributed by atoms with Crippen LogP contribution in [0.3, 0.4) is 0 Å². The van der Waals surface area contributed by atoms with Gasteiger partial charge in [0.1, 0.15) is 0 Å². The molecule has 2 aromatic carbocycles. The first-order valence-electron chi connectivity index (χ1n) is 6.22. The Morgan fingerprint density at radius 1 is 1.10 bits per heavy atom. The number of carbonyl (C=O) groups is 2. The standard InChI is InChI=1S/C15H11N3O3/c19-14(12-3-1-2-10-8-16-18-13(10)12)17-11-6-4-9(5-7-11)15(20)21/h1-8H,(H,16,18)(H,17,19)(H,20,21). The van der Waals surface area contributed by atoms with Gasteiger partial charge in [-0.25, -0.2) is 4.79 Å². The van der Waals surface area contributed by atoms with E-state index in [1.54, 1.807) is 30.5 Å². The summed E-state index contributed by atoms with van der Waals surface area (Å²) in [7, 11) is 0. The Kier molecular flexibility index (Phi) is 3.12. The Balaban J connectivity index is 1.86. The molecule has 0 saturated carbocycles. The van der Waals surface area contributed by atoms with Crippen molar-refractivity contribution in [2.24, 2.45) is 0 Å². The fourth-order valence-electron chi connectivity index (χ4n) is 2.05. The smallest absolute Gasteiger partial charge is 0.335 e. The van der Waals surface area contributed by atoms with Gasteiger partial charge < -0.3 is 10.4 Å². The number of amides is 1. The fourth-order valence-corrected chi connectivity index (χ4v) is 2.05. The van der Waals surface area contributed by atoms with Crippen molar-refractivity contribution in [3.05, 3.63) is 59.8 Å². The summed E-state index contributed by atoms with van der Waals surface area (Å²) in [5, 5.41) is 19.1. The Labute approximate surface area is 119 Å². The predicted molar refractivity (Wildman–Crippen MR) is 77.4 cm³/mol. The van der Waals surface area contributed by atoms with Crippen molar-refractivity contribution in [1.82, 2.24) is 10.2 Å². The molecule has 21 heavy (non-hydrogen) atoms. The molecule has 0 aliphatic carbocycles. The van der Waals surface area contributed by atoms with Crippen LogP contribution in [0.15, 0.2) is 48.7 Å². The van der Waals surface area contributed by atoms with Gasteiger partial charge in [0.2, 0.25) is 0 Å². The number of nitrogens with zero attached hydrogens (tertiary/aromatic N) is 1. The van der Waals surface area contributed by atoms with Crippen molar-refractivity contribution in [3.63, 3.8) is 0 Å². The molecule has 1 heterocycles. The van der Waals surface area contributed by atoms with Gasteiger partial charge in [0.25, 0.3) is 5.91 Å². The van der Waals surface area contributed by atoms with Crippen molar-refractivity contribution < 1.29 is 14.7 Å². The minimum atomic E-state index is -1.00. The summed E-state index contributed by atoms with van der Waals surface area (Å²) in [6, 6.07) is 11.3. The van der Waals surface area contributed by atoms with Crippen molar-refractivity contribution in [2.75, 3.05) is 5.32 Å². The van der Waals surface area contributed by atoms with E-state index >= 15 is 0 Å². The molecule has 0 aliphatic rings. The molecule has 3 aromatic rings. The molecule has 0 atom stereocenters. The van der Waals surface area contributed by atoms with Gasteiger partial charge in [-0.3, -0.25) is 9.89 Å². The first kappa shape index (κ1) is 12.9. The van der Waals surface area contributed by atoms with Gasteiger partial charge in [-0.05, 0) is 30.3 Å². The highest BCUT2D eigenvalue weighted by Gasteiger charge is 2.11. The summed E-state index contributed by atoms with van der Waals surface area (Å²) in [4.78, 5) is 23.0. The molecular weight excluding hydrogens is 270 g/mol. The second-order valence-electron chi connectivity index (χ2n) is 4.48. The van der Waals surface area contributed by atoms with Crippen LogP contribution in [-0.2, 0) is 0 Å². The maximum absolute atomic E-state index is 12.3. The van der Waals surface area contributed by atoms with Crippen LogP contribution in [-0.4, -0.2) is 27.2 Å². The molecule has 6 heteroatoms. The molecule has 0 unspecified atom stereocenters. The number of aromatic amines is 1. The number of nitrogens with one attached hydrogen (secondary N) is 2. The maximum Gasteiger partial charge on any atom is 0.335 e. The molecule has 0 radical (unpaired) electrons. The quantitative estimate of drug-likeness (QED) is 0.687. The minimum absolute atomic E-state index is 0.170. The first-order chi connectivity index (χ1) is 10.1. The van der Waals surface area contributed by atoms with E-state index in [2.05, 4.69) is 15.5 Å². The number of anilines is 1. The number of benzene rings is 2. The van der Waals surface area contributed by atoms with Crippen LogP contribution >= 0.6 is 0 Å². The third-order valence-corrected chi connectivity index (χ3v) is 3.11. The number of para-hydroxylation sites is 1. The molecule has 1 aromatic heterocycles. The normalized spacial score (nSPS) is 10.5. The number of carboxylic acids is 1. The van der Waals surface area contributed by atoms with Crippen molar-refractivity contribution in [3.8, 4) is 0 Å². The van der Waals surface area contributed by atoms with Crippen LogP contribution in [0.5, 0.6) is 0 Å². The number of rotatable bonds is 3. The van der Waals surface area contributed by atoms with E-state index in [0.29, 0.717) is 16.8 Å². The zero-order chi connectivity index (χ0) is 14.8. The molecule has 0 bridgehead atoms. The molecule has 3 rings (SSSR count). The summed E-state index contributed by atoms with van der Waals surface area (Å²) in [5.74, 6) is -1.29. The highest BCUT2D eigenvalue weighted by Crippen LogP contribution is 2.17. The lowest BCUT2D eigenvalue weighted by molar-refractivity contribution is 0.0696. The van der Waals surface area contributed by atoms with Crippen molar-refractivity contribution >= 4 is 28.5 Å². The topological polar surface area (TPSA) is 95.1 Å². The minimum Gasteiger partial charge on any atom is -0.478 e. The molecular formula is C15H11N3O3. The fraction of sp³-hybridized carbons (Fsp3) is 0. The highest BCUT2D eigenvalue weighted by molar-refractivity contribution is 6.11. The number of H-pyrrole nitrogens is 1. The molecule has 1 amide bonds. The highest BCUT2D eigenvalue weighted by atomic mass is 16.4. The Hall–Kier alpha value is -3.15. The number of hydrogen-bond donors (Lipinski definition) is 3. The number of fused-ring (bicyclic) bond motifs is 1. The van der Waals surface area contributed by atoms with Crippen LogP contribution in [0.4, 0.5) is 5.69 Å². The SMILES string of the molecule is O=C(O)c1ccc(NC(=O)c2cccc3cn[nH]c23)cc1. The van der Waals surface area contributed by atoms with Gasteiger partial charge in [-0.1, -0.05) is 12.1 Å². The Bertz CT molecular complexity index is 822. The molecule has 0 saturated heterocycles. The van der Waals surface area contributed by atoms with E-state index in [1.165, 1.54) is 12.1 Å². The van der Waals surface area contributed by atoms with Crippen molar-refractivity contribution in [1.29, 1.82) is 0 Å². The third kappa shape index (κ3) is 2.46. The molecule has 0 aliphatic heterocycles. The zero-order valence-electron chi connectivity index (χ0n) is 10.8. The van der Waals surface area contributed by atoms with Gasteiger partial charge >= 0.3 is 5.97 Å². The number of carboxylic acid groups (broad SMARTS) is 1. The van der Waals surface area contributed by atoms with Crippen molar-refractivity contribution in [2.45, 2.75) is 0 Å². The number of aromatic nitrogens is 2. The summed E-state index contributed by atoms with van der Waals surface area (Å²) in [6.45, 7) is 0. The van der Waals surface area contributed by atoms with E-state index in [9.17, 15) is 9.59 Å². The molecule has 0 fully saturated rings. The molecule has 104 valence electrons. The molecule has 3 N–H and O–H groups in total. The lowest BCUT2D eigenvalue weighted by Gasteiger charge is -2.06. The van der Waals surface area contributed by atoms with Gasteiger partial charge in [-0.15, -0.1) is 0 Å². The predicted octanol–water partition coefficient (Wildman–Crippen LogP) is 2.51.